The highest BCUT2D eigenvalue weighted by Gasteiger charge is 2.06. The minimum Gasteiger partial charge on any atom is -0.387 e. The van der Waals surface area contributed by atoms with Crippen LogP contribution in [0.4, 0.5) is 0 Å². The number of aromatic amines is 1. The quantitative estimate of drug-likeness (QED) is 0.540. The van der Waals surface area contributed by atoms with Crippen LogP contribution in [0.25, 0.3) is 11.0 Å². The Bertz CT molecular complexity index is 593. The summed E-state index contributed by atoms with van der Waals surface area (Å²) in [5.41, 5.74) is 2.11. The number of nitrogens with zero attached hydrogens (tertiary/aromatic N) is 1. The zero-order valence-corrected chi connectivity index (χ0v) is 10.1. The molecule has 0 bridgehead atoms. The van der Waals surface area contributed by atoms with E-state index in [9.17, 15) is 9.59 Å². The molecule has 2 rings (SSSR count). The molecule has 1 heterocycles. The van der Waals surface area contributed by atoms with Gasteiger partial charge in [-0.15, -0.1) is 0 Å². The number of aliphatic hydroxyl groups excluding tert-OH is 1. The third kappa shape index (κ3) is 3.29. The molecule has 19 heavy (non-hydrogen) atoms. The van der Waals surface area contributed by atoms with Gasteiger partial charge in [0, 0.05) is 18.7 Å². The summed E-state index contributed by atoms with van der Waals surface area (Å²) in [7, 11) is 0. The van der Waals surface area contributed by atoms with Crippen LogP contribution in [0.2, 0.25) is 0 Å². The molecule has 0 radical (unpaired) electrons. The van der Waals surface area contributed by atoms with Crippen molar-refractivity contribution in [2.24, 2.45) is 0 Å². The monoisotopic (exact) mass is 262 g/mol. The van der Waals surface area contributed by atoms with Crippen LogP contribution in [0.3, 0.4) is 0 Å². The molecule has 0 aliphatic rings. The van der Waals surface area contributed by atoms with E-state index < -0.39 is 12.5 Å². The Labute approximate surface area is 109 Å². The number of hydrogen-bond acceptors (Lipinski definition) is 4. The van der Waals surface area contributed by atoms with Gasteiger partial charge in [-0.05, 0) is 18.2 Å². The summed E-state index contributed by atoms with van der Waals surface area (Å²) in [6.45, 7) is 0.0213. The van der Waals surface area contributed by atoms with Crippen molar-refractivity contribution in [2.45, 2.75) is 0 Å². The van der Waals surface area contributed by atoms with Crippen LogP contribution in [0, 0.1) is 0 Å². The molecule has 0 fully saturated rings. The van der Waals surface area contributed by atoms with E-state index in [0.29, 0.717) is 12.1 Å². The number of benzene rings is 1. The highest BCUT2D eigenvalue weighted by molar-refractivity contribution is 5.97. The number of hydrogen-bond donors (Lipinski definition) is 4. The van der Waals surface area contributed by atoms with Crippen LogP contribution in [-0.4, -0.2) is 46.6 Å². The number of nitrogens with one attached hydrogen (secondary N) is 3. The molecule has 2 amide bonds. The lowest BCUT2D eigenvalue weighted by Gasteiger charge is -2.06. The summed E-state index contributed by atoms with van der Waals surface area (Å²) >= 11 is 0. The Hall–Kier alpha value is -2.41. The fourth-order valence-electron chi connectivity index (χ4n) is 1.61. The summed E-state index contributed by atoms with van der Waals surface area (Å²) in [6.07, 6.45) is 1.57. The molecular weight excluding hydrogens is 248 g/mol. The molecule has 0 spiro atoms. The van der Waals surface area contributed by atoms with Crippen LogP contribution in [0.15, 0.2) is 24.5 Å². The van der Waals surface area contributed by atoms with Crippen molar-refractivity contribution in [1.29, 1.82) is 0 Å². The Morgan fingerprint density at radius 2 is 2.05 bits per heavy atom. The second kappa shape index (κ2) is 5.96. The average Bonchev–Trinajstić information content (AvgIpc) is 2.90. The first-order chi connectivity index (χ1) is 9.20. The van der Waals surface area contributed by atoms with E-state index in [1.165, 1.54) is 0 Å². The number of aromatic nitrogens is 2. The van der Waals surface area contributed by atoms with Crippen molar-refractivity contribution in [3.8, 4) is 0 Å². The lowest BCUT2D eigenvalue weighted by atomic mass is 10.2. The summed E-state index contributed by atoms with van der Waals surface area (Å²) in [5, 5.41) is 13.6. The Balaban J connectivity index is 1.87. The normalized spacial score (nSPS) is 10.4. The largest absolute Gasteiger partial charge is 0.387 e. The first kappa shape index (κ1) is 13.0. The number of fused-ring (bicyclic) bond motifs is 1. The van der Waals surface area contributed by atoms with Crippen LogP contribution in [0.5, 0.6) is 0 Å². The van der Waals surface area contributed by atoms with E-state index >= 15 is 0 Å². The van der Waals surface area contributed by atoms with Gasteiger partial charge in [0.05, 0.1) is 17.4 Å². The van der Waals surface area contributed by atoms with Crippen molar-refractivity contribution >= 4 is 22.8 Å². The maximum absolute atomic E-state index is 11.8. The molecule has 0 aliphatic carbocycles. The first-order valence-corrected chi connectivity index (χ1v) is 5.79. The lowest BCUT2D eigenvalue weighted by Crippen LogP contribution is -2.35. The molecule has 1 aromatic heterocycles. The lowest BCUT2D eigenvalue weighted by molar-refractivity contribution is -0.123. The van der Waals surface area contributed by atoms with E-state index in [0.717, 1.165) is 11.0 Å². The number of imidazole rings is 1. The Morgan fingerprint density at radius 3 is 2.84 bits per heavy atom. The summed E-state index contributed by atoms with van der Waals surface area (Å²) < 4.78 is 0. The summed E-state index contributed by atoms with van der Waals surface area (Å²) in [5.74, 6) is -0.692. The van der Waals surface area contributed by atoms with Crippen LogP contribution >= 0.6 is 0 Å². The maximum atomic E-state index is 11.8. The van der Waals surface area contributed by atoms with Gasteiger partial charge in [0.25, 0.3) is 5.91 Å². The maximum Gasteiger partial charge on any atom is 0.251 e. The highest BCUT2D eigenvalue weighted by Crippen LogP contribution is 2.11. The van der Waals surface area contributed by atoms with E-state index in [1.54, 1.807) is 24.5 Å². The molecule has 0 aliphatic heterocycles. The number of H-pyrrole nitrogens is 1. The summed E-state index contributed by atoms with van der Waals surface area (Å²) in [4.78, 5) is 29.6. The Kier molecular flexibility index (Phi) is 4.09. The zero-order chi connectivity index (χ0) is 13.7. The van der Waals surface area contributed by atoms with Gasteiger partial charge < -0.3 is 20.7 Å². The average molecular weight is 262 g/mol. The molecule has 100 valence electrons. The molecule has 0 unspecified atom stereocenters. The van der Waals surface area contributed by atoms with Gasteiger partial charge in [0.1, 0.15) is 6.61 Å². The van der Waals surface area contributed by atoms with Crippen molar-refractivity contribution in [1.82, 2.24) is 20.6 Å². The SMILES string of the molecule is O=C(CO)NCCNC(=O)c1ccc2nc[nH]c2c1. The van der Waals surface area contributed by atoms with Gasteiger partial charge in [0.15, 0.2) is 0 Å². The van der Waals surface area contributed by atoms with Crippen LogP contribution in [-0.2, 0) is 4.79 Å². The number of aliphatic hydroxyl groups is 1. The fourth-order valence-corrected chi connectivity index (χ4v) is 1.61. The molecule has 7 heteroatoms. The zero-order valence-electron chi connectivity index (χ0n) is 10.1. The predicted octanol–water partition coefficient (Wildman–Crippen LogP) is -0.599. The van der Waals surface area contributed by atoms with Crippen LogP contribution < -0.4 is 10.6 Å². The number of carbonyl (C=O) groups is 2. The minimum absolute atomic E-state index is 0.227. The van der Waals surface area contributed by atoms with Gasteiger partial charge in [-0.25, -0.2) is 4.98 Å². The van der Waals surface area contributed by atoms with E-state index in [2.05, 4.69) is 20.6 Å². The van der Waals surface area contributed by atoms with Crippen molar-refractivity contribution < 1.29 is 14.7 Å². The number of rotatable bonds is 5. The molecule has 0 saturated heterocycles. The molecule has 0 atom stereocenters. The third-order valence-corrected chi connectivity index (χ3v) is 2.56. The third-order valence-electron chi connectivity index (χ3n) is 2.56. The van der Waals surface area contributed by atoms with E-state index in [-0.39, 0.29) is 12.5 Å². The predicted molar refractivity (Wildman–Crippen MR) is 68.5 cm³/mol. The molecule has 4 N–H and O–H groups in total. The second-order valence-corrected chi connectivity index (χ2v) is 3.90. The van der Waals surface area contributed by atoms with Gasteiger partial charge in [-0.3, -0.25) is 9.59 Å². The first-order valence-electron chi connectivity index (χ1n) is 5.79. The van der Waals surface area contributed by atoms with Gasteiger partial charge in [-0.1, -0.05) is 0 Å². The van der Waals surface area contributed by atoms with Gasteiger partial charge >= 0.3 is 0 Å². The van der Waals surface area contributed by atoms with Crippen LogP contribution in [0.1, 0.15) is 10.4 Å². The van der Waals surface area contributed by atoms with Gasteiger partial charge in [-0.2, -0.15) is 0 Å². The molecule has 0 saturated carbocycles. The molecule has 1 aromatic carbocycles. The van der Waals surface area contributed by atoms with Crippen molar-refractivity contribution in [3.63, 3.8) is 0 Å². The highest BCUT2D eigenvalue weighted by atomic mass is 16.3. The van der Waals surface area contributed by atoms with Crippen molar-refractivity contribution in [2.75, 3.05) is 19.7 Å². The number of carbonyl (C=O) groups excluding carboxylic acids is 2. The van der Waals surface area contributed by atoms with E-state index in [4.69, 9.17) is 5.11 Å². The smallest absolute Gasteiger partial charge is 0.251 e. The Morgan fingerprint density at radius 1 is 1.26 bits per heavy atom. The van der Waals surface area contributed by atoms with Crippen molar-refractivity contribution in [3.05, 3.63) is 30.1 Å². The fraction of sp³-hybridized carbons (Fsp3) is 0.250. The summed E-state index contributed by atoms with van der Waals surface area (Å²) in [6, 6.07) is 5.16. The molecule has 7 nitrogen and oxygen atoms in total. The van der Waals surface area contributed by atoms with Gasteiger partial charge in [0.2, 0.25) is 5.91 Å². The van der Waals surface area contributed by atoms with E-state index in [1.807, 2.05) is 0 Å². The topological polar surface area (TPSA) is 107 Å². The molecular formula is C12H14N4O3. The standard InChI is InChI=1S/C12H14N4O3/c17-6-11(18)13-3-4-14-12(19)8-1-2-9-10(5-8)16-7-15-9/h1-2,5,7,17H,3-4,6H2,(H,13,18)(H,14,19)(H,15,16). The minimum atomic E-state index is -0.551. The molecule has 2 aromatic rings. The second-order valence-electron chi connectivity index (χ2n) is 3.90. The number of amides is 2.